The molecule has 1 aliphatic heterocycles. The minimum absolute atomic E-state index is 0.0233. The van der Waals surface area contributed by atoms with Crippen molar-refractivity contribution in [2.45, 2.75) is 6.54 Å². The number of methoxy groups -OCH3 is 1. The first-order valence-corrected chi connectivity index (χ1v) is 6.01. The first kappa shape index (κ1) is 13.0. The fourth-order valence-corrected chi connectivity index (χ4v) is 1.95. The van der Waals surface area contributed by atoms with Gasteiger partial charge in [-0.2, -0.15) is 0 Å². The molecule has 0 unspecified atom stereocenters. The number of carbonyl (C=O) groups is 1. The van der Waals surface area contributed by atoms with Crippen molar-refractivity contribution in [3.8, 4) is 5.75 Å². The topological polar surface area (TPSA) is 109 Å². The average Bonchev–Trinajstić information content (AvgIpc) is 2.77. The van der Waals surface area contributed by atoms with Crippen LogP contribution >= 0.6 is 0 Å². The molecule has 1 aliphatic rings. The molecule has 8 heteroatoms. The standard InChI is InChI=1S/C13H11N3O5/c1-19-9-5-8(14)3-2-7(9)4-10-12(18)16-6-11(17)21-15-13(16)20-10/h2-5H,6,14H2,1H3/b10-4+. The molecule has 2 N–H and O–H groups in total. The highest BCUT2D eigenvalue weighted by Crippen LogP contribution is 2.21. The number of fused-ring (bicyclic) bond motifs is 1. The fraction of sp³-hybridized carbons (Fsp3) is 0.154. The van der Waals surface area contributed by atoms with Gasteiger partial charge in [-0.05, 0) is 23.4 Å². The van der Waals surface area contributed by atoms with Gasteiger partial charge in [0.1, 0.15) is 12.3 Å². The van der Waals surface area contributed by atoms with Crippen molar-refractivity contribution < 1.29 is 18.8 Å². The second kappa shape index (κ2) is 4.82. The molecule has 3 rings (SSSR count). The Kier molecular flexibility index (Phi) is 2.98. The van der Waals surface area contributed by atoms with E-state index in [0.29, 0.717) is 17.0 Å². The molecule has 0 saturated carbocycles. The normalized spacial score (nSPS) is 14.3. The third kappa shape index (κ3) is 2.27. The van der Waals surface area contributed by atoms with Crippen molar-refractivity contribution in [3.63, 3.8) is 0 Å². The number of nitrogens with two attached hydrogens (primary N) is 1. The number of carbonyl (C=O) groups excluding carboxylic acids is 1. The number of hydrogen-bond donors (Lipinski definition) is 1. The van der Waals surface area contributed by atoms with Crippen LogP contribution in [0.15, 0.2) is 32.6 Å². The molecule has 0 saturated heterocycles. The van der Waals surface area contributed by atoms with Gasteiger partial charge in [0.25, 0.3) is 5.56 Å². The lowest BCUT2D eigenvalue weighted by Crippen LogP contribution is -2.37. The Morgan fingerprint density at radius 2 is 2.24 bits per heavy atom. The van der Waals surface area contributed by atoms with E-state index in [4.69, 9.17) is 14.9 Å². The lowest BCUT2D eigenvalue weighted by atomic mass is 10.1. The van der Waals surface area contributed by atoms with Crippen molar-refractivity contribution in [1.82, 2.24) is 4.57 Å². The second-order valence-electron chi connectivity index (χ2n) is 4.34. The van der Waals surface area contributed by atoms with Gasteiger partial charge in [-0.1, -0.05) is 0 Å². The monoisotopic (exact) mass is 289 g/mol. The zero-order chi connectivity index (χ0) is 15.0. The molecule has 108 valence electrons. The molecule has 1 aromatic carbocycles. The molecule has 8 nitrogen and oxygen atoms in total. The Morgan fingerprint density at radius 1 is 1.43 bits per heavy atom. The quantitative estimate of drug-likeness (QED) is 0.558. The van der Waals surface area contributed by atoms with Gasteiger partial charge in [0.05, 0.1) is 7.11 Å². The Balaban J connectivity index is 2.19. The van der Waals surface area contributed by atoms with Crippen LogP contribution in [0.4, 0.5) is 5.69 Å². The largest absolute Gasteiger partial charge is 0.496 e. The van der Waals surface area contributed by atoms with Gasteiger partial charge in [-0.3, -0.25) is 4.79 Å². The van der Waals surface area contributed by atoms with Crippen LogP contribution in [0.25, 0.3) is 6.08 Å². The number of ether oxygens (including phenoxy) is 1. The summed E-state index contributed by atoms with van der Waals surface area (Å²) in [6.07, 6.45) is 1.49. The molecule has 0 aliphatic carbocycles. The smallest absolute Gasteiger partial charge is 0.355 e. The van der Waals surface area contributed by atoms with Gasteiger partial charge in [0, 0.05) is 17.3 Å². The maximum Gasteiger partial charge on any atom is 0.355 e. The van der Waals surface area contributed by atoms with Crippen LogP contribution < -0.4 is 27.1 Å². The van der Waals surface area contributed by atoms with E-state index >= 15 is 0 Å². The number of benzene rings is 1. The summed E-state index contributed by atoms with van der Waals surface area (Å²) in [5, 5.41) is 3.43. The summed E-state index contributed by atoms with van der Waals surface area (Å²) in [5.41, 5.74) is 6.32. The summed E-state index contributed by atoms with van der Waals surface area (Å²) in [4.78, 5) is 27.7. The summed E-state index contributed by atoms with van der Waals surface area (Å²) in [7, 11) is 1.49. The zero-order valence-corrected chi connectivity index (χ0v) is 11.0. The van der Waals surface area contributed by atoms with Crippen molar-refractivity contribution in [2.75, 3.05) is 12.8 Å². The van der Waals surface area contributed by atoms with Crippen LogP contribution in [0.2, 0.25) is 0 Å². The Morgan fingerprint density at radius 3 is 3.00 bits per heavy atom. The van der Waals surface area contributed by atoms with E-state index in [-0.39, 0.29) is 17.6 Å². The highest BCUT2D eigenvalue weighted by atomic mass is 16.7. The highest BCUT2D eigenvalue weighted by Gasteiger charge is 2.18. The van der Waals surface area contributed by atoms with E-state index in [1.165, 1.54) is 13.2 Å². The average molecular weight is 289 g/mol. The molecule has 1 aromatic heterocycles. The molecule has 2 heterocycles. The molecule has 0 radical (unpaired) electrons. The first-order chi connectivity index (χ1) is 10.1. The molecule has 0 amide bonds. The van der Waals surface area contributed by atoms with E-state index in [0.717, 1.165) is 4.57 Å². The first-order valence-electron chi connectivity index (χ1n) is 6.01. The molecule has 0 fully saturated rings. The fourth-order valence-electron chi connectivity index (χ4n) is 1.95. The van der Waals surface area contributed by atoms with Crippen molar-refractivity contribution in [3.05, 3.63) is 45.2 Å². The van der Waals surface area contributed by atoms with Crippen molar-refractivity contribution in [2.24, 2.45) is 5.16 Å². The predicted molar refractivity (Wildman–Crippen MR) is 70.8 cm³/mol. The Bertz CT molecular complexity index is 894. The third-order valence-corrected chi connectivity index (χ3v) is 2.94. The predicted octanol–water partition coefficient (Wildman–Crippen LogP) is -1.05. The number of nitrogens with zero attached hydrogens (tertiary/aromatic N) is 2. The number of oxazole rings is 1. The number of nitrogen functional groups attached to an aromatic ring is 1. The Hall–Kier alpha value is -3.03. The molecular formula is C13H11N3O5. The summed E-state index contributed by atoms with van der Waals surface area (Å²) in [5.74, 6) is -0.125. The minimum atomic E-state index is -0.623. The van der Waals surface area contributed by atoms with Crippen LogP contribution in [0.1, 0.15) is 5.56 Å². The highest BCUT2D eigenvalue weighted by molar-refractivity contribution is 5.69. The second-order valence-corrected chi connectivity index (χ2v) is 4.34. The molecule has 2 aromatic rings. The summed E-state index contributed by atoms with van der Waals surface area (Å²) in [6.45, 7) is -0.228. The summed E-state index contributed by atoms with van der Waals surface area (Å²) in [6, 6.07) is 4.99. The molecular weight excluding hydrogens is 278 g/mol. The van der Waals surface area contributed by atoms with Crippen LogP contribution in [0.5, 0.6) is 5.75 Å². The van der Waals surface area contributed by atoms with Crippen LogP contribution in [0, 0.1) is 0 Å². The van der Waals surface area contributed by atoms with E-state index in [1.54, 1.807) is 18.2 Å². The Labute approximate surface area is 117 Å². The number of anilines is 1. The van der Waals surface area contributed by atoms with E-state index in [1.807, 2.05) is 0 Å². The van der Waals surface area contributed by atoms with E-state index in [9.17, 15) is 9.59 Å². The molecule has 21 heavy (non-hydrogen) atoms. The maximum atomic E-state index is 12.1. The van der Waals surface area contributed by atoms with E-state index in [2.05, 4.69) is 9.99 Å². The van der Waals surface area contributed by atoms with Gasteiger partial charge >= 0.3 is 11.7 Å². The molecule has 0 spiro atoms. The van der Waals surface area contributed by atoms with Gasteiger partial charge in [-0.25, -0.2) is 9.36 Å². The van der Waals surface area contributed by atoms with Crippen molar-refractivity contribution in [1.29, 1.82) is 0 Å². The number of hydrogen-bond acceptors (Lipinski definition) is 7. The minimum Gasteiger partial charge on any atom is -0.496 e. The van der Waals surface area contributed by atoms with Crippen molar-refractivity contribution >= 4 is 17.7 Å². The summed E-state index contributed by atoms with van der Waals surface area (Å²) < 4.78 is 11.6. The van der Waals surface area contributed by atoms with Gasteiger partial charge in [0.2, 0.25) is 0 Å². The van der Waals surface area contributed by atoms with Gasteiger partial charge in [0.15, 0.2) is 5.42 Å². The van der Waals surface area contributed by atoms with Gasteiger partial charge < -0.3 is 19.7 Å². The maximum absolute atomic E-state index is 12.1. The van der Waals surface area contributed by atoms with Gasteiger partial charge in [-0.15, -0.1) is 0 Å². The number of aromatic nitrogens is 1. The van der Waals surface area contributed by atoms with Crippen LogP contribution in [0.3, 0.4) is 0 Å². The zero-order valence-electron chi connectivity index (χ0n) is 11.0. The molecule has 0 atom stereocenters. The number of rotatable bonds is 2. The van der Waals surface area contributed by atoms with E-state index < -0.39 is 11.5 Å². The van der Waals surface area contributed by atoms with Crippen LogP contribution in [-0.2, 0) is 16.2 Å². The summed E-state index contributed by atoms with van der Waals surface area (Å²) >= 11 is 0. The third-order valence-electron chi connectivity index (χ3n) is 2.94. The lowest BCUT2D eigenvalue weighted by Gasteiger charge is -2.04. The molecule has 0 bridgehead atoms. The van der Waals surface area contributed by atoms with Crippen LogP contribution in [-0.4, -0.2) is 17.6 Å². The SMILES string of the molecule is COc1cc(N)ccc1/C=c1/oc2n(c1=O)CC(=O)ON=2. The lowest BCUT2D eigenvalue weighted by molar-refractivity contribution is -0.147.